The summed E-state index contributed by atoms with van der Waals surface area (Å²) in [6.07, 6.45) is -4.25. The molecule has 3 aliphatic carbocycles. The highest BCUT2D eigenvalue weighted by molar-refractivity contribution is 6.28. The van der Waals surface area contributed by atoms with Crippen LogP contribution in [-0.2, 0) is 27.0 Å². The van der Waals surface area contributed by atoms with Crippen molar-refractivity contribution in [1.29, 1.82) is 0 Å². The van der Waals surface area contributed by atoms with E-state index < -0.39 is 87.5 Å². The van der Waals surface area contributed by atoms with Crippen molar-refractivity contribution in [3.63, 3.8) is 0 Å². The van der Waals surface area contributed by atoms with Crippen LogP contribution in [0.5, 0.6) is 5.75 Å². The van der Waals surface area contributed by atoms with Gasteiger partial charge in [-0.25, -0.2) is 0 Å². The van der Waals surface area contributed by atoms with Crippen molar-refractivity contribution in [3.05, 3.63) is 45.2 Å². The quantitative estimate of drug-likeness (QED) is 0.231. The largest absolute Gasteiger partial charge is 0.510 e. The number of likely N-dealkylation sites (N-methyl/N-ethyl adjacent to an activating group) is 1. The summed E-state index contributed by atoms with van der Waals surface area (Å²) in [5, 5.41) is 36.2. The van der Waals surface area contributed by atoms with Crippen LogP contribution in [0.2, 0.25) is 0 Å². The molecule has 1 aromatic carbocycles. The van der Waals surface area contributed by atoms with Crippen molar-refractivity contribution in [1.82, 2.24) is 10.2 Å². The fourth-order valence-corrected chi connectivity index (χ4v) is 7.15. The third-order valence-corrected chi connectivity index (χ3v) is 8.83. The topological polar surface area (TPSA) is 153 Å². The Morgan fingerprint density at radius 2 is 1.78 bits per heavy atom. The Balaban J connectivity index is 1.96. The standard InChI is InChI=1S/C29H36F3N3O6/c1-5-8-16(34-4)13-11-17(36)19-14(22(13)29(30,31)32)9-12-10-15-20(25(38)18(12)24(19)37)26(39)21(28(33)41)27(40)23(15)35(6-2)7-3/h11-12,15-16,20,23,34,36-37,40H,5-10H2,1-4H3,(H2,33,41)/t12-,15?,16?,20?,23?/m0/s1. The molecule has 3 aliphatic rings. The Hall–Kier alpha value is -3.38. The average Bonchev–Trinajstić information content (AvgIpc) is 2.87. The van der Waals surface area contributed by atoms with Gasteiger partial charge in [-0.1, -0.05) is 27.2 Å². The number of carbonyl (C=O) groups is 3. The second-order valence-electron chi connectivity index (χ2n) is 10.9. The number of aromatic hydroxyl groups is 1. The van der Waals surface area contributed by atoms with Crippen molar-refractivity contribution >= 4 is 23.2 Å². The number of nitrogens with zero attached hydrogens (tertiary/aromatic N) is 1. The Labute approximate surface area is 235 Å². The van der Waals surface area contributed by atoms with E-state index in [9.17, 15) is 42.9 Å². The average molecular weight is 580 g/mol. The molecule has 0 aliphatic heterocycles. The van der Waals surface area contributed by atoms with Crippen molar-refractivity contribution in [2.45, 2.75) is 64.7 Å². The molecule has 12 heteroatoms. The van der Waals surface area contributed by atoms with Crippen LogP contribution in [0.1, 0.15) is 68.3 Å². The number of hydrogen-bond donors (Lipinski definition) is 5. The minimum Gasteiger partial charge on any atom is -0.510 e. The molecule has 6 N–H and O–H groups in total. The number of rotatable bonds is 8. The van der Waals surface area contributed by atoms with E-state index in [4.69, 9.17) is 5.73 Å². The van der Waals surface area contributed by atoms with E-state index in [1.54, 1.807) is 18.7 Å². The van der Waals surface area contributed by atoms with E-state index in [-0.39, 0.29) is 29.5 Å². The molecule has 0 bridgehead atoms. The van der Waals surface area contributed by atoms with Crippen LogP contribution in [0.3, 0.4) is 0 Å². The van der Waals surface area contributed by atoms with Crippen molar-refractivity contribution < 1.29 is 42.9 Å². The van der Waals surface area contributed by atoms with Gasteiger partial charge >= 0.3 is 6.18 Å². The van der Waals surface area contributed by atoms with Crippen molar-refractivity contribution in [2.24, 2.45) is 23.5 Å². The number of allylic oxidation sites excluding steroid dienone is 1. The second kappa shape index (κ2) is 11.1. The summed E-state index contributed by atoms with van der Waals surface area (Å²) >= 11 is 0. The van der Waals surface area contributed by atoms with E-state index in [2.05, 4.69) is 5.32 Å². The molecule has 4 rings (SSSR count). The Morgan fingerprint density at radius 3 is 2.29 bits per heavy atom. The number of phenolic OH excluding ortho intramolecular Hbond substituents is 1. The lowest BCUT2D eigenvalue weighted by Crippen LogP contribution is -2.57. The predicted molar refractivity (Wildman–Crippen MR) is 144 cm³/mol. The summed E-state index contributed by atoms with van der Waals surface area (Å²) in [6, 6.07) is -0.709. The van der Waals surface area contributed by atoms with Crippen molar-refractivity contribution in [3.8, 4) is 5.75 Å². The fourth-order valence-electron chi connectivity index (χ4n) is 7.15. The summed E-state index contributed by atoms with van der Waals surface area (Å²) in [7, 11) is 1.53. The first-order valence-electron chi connectivity index (χ1n) is 13.9. The number of ketones is 2. The van der Waals surface area contributed by atoms with Gasteiger partial charge in [0.1, 0.15) is 22.8 Å². The van der Waals surface area contributed by atoms with Gasteiger partial charge in [-0.3, -0.25) is 19.3 Å². The highest BCUT2D eigenvalue weighted by atomic mass is 19.4. The second-order valence-corrected chi connectivity index (χ2v) is 10.9. The van der Waals surface area contributed by atoms with Gasteiger partial charge in [-0.05, 0) is 68.4 Å². The van der Waals surface area contributed by atoms with E-state index in [0.717, 1.165) is 6.07 Å². The zero-order valence-electron chi connectivity index (χ0n) is 23.4. The molecule has 5 atom stereocenters. The predicted octanol–water partition coefficient (Wildman–Crippen LogP) is 3.71. The molecular weight excluding hydrogens is 543 g/mol. The van der Waals surface area contributed by atoms with Crippen molar-refractivity contribution in [2.75, 3.05) is 20.1 Å². The molecule has 1 amide bonds. The van der Waals surface area contributed by atoms with Crippen LogP contribution in [0, 0.1) is 17.8 Å². The van der Waals surface area contributed by atoms with E-state index in [1.165, 1.54) is 7.05 Å². The number of halogens is 3. The first kappa shape index (κ1) is 30.6. The molecule has 0 spiro atoms. The molecule has 1 fully saturated rings. The first-order chi connectivity index (χ1) is 19.2. The summed E-state index contributed by atoms with van der Waals surface area (Å²) in [5.41, 5.74) is 2.54. The lowest BCUT2D eigenvalue weighted by Gasteiger charge is -2.47. The molecule has 0 saturated heterocycles. The number of alkyl halides is 3. The number of amides is 1. The van der Waals surface area contributed by atoms with E-state index in [1.807, 2.05) is 6.92 Å². The number of aliphatic hydroxyl groups is 2. The van der Waals surface area contributed by atoms with Gasteiger partial charge in [0.05, 0.1) is 23.1 Å². The normalized spacial score (nSPS) is 25.3. The van der Waals surface area contributed by atoms with Crippen LogP contribution < -0.4 is 11.1 Å². The Bertz CT molecular complexity index is 1350. The molecule has 1 saturated carbocycles. The third-order valence-electron chi connectivity index (χ3n) is 8.83. The zero-order valence-corrected chi connectivity index (χ0v) is 23.4. The maximum absolute atomic E-state index is 14.7. The molecule has 41 heavy (non-hydrogen) atoms. The van der Waals surface area contributed by atoms with Gasteiger partial charge in [-0.2, -0.15) is 13.2 Å². The fraction of sp³-hybridized carbons (Fsp3) is 0.552. The zero-order chi connectivity index (χ0) is 30.5. The number of aliphatic hydroxyl groups excluding tert-OH is 2. The lowest BCUT2D eigenvalue weighted by molar-refractivity contribution is -0.139. The van der Waals surface area contributed by atoms with Crippen LogP contribution >= 0.6 is 0 Å². The van der Waals surface area contributed by atoms with E-state index in [0.29, 0.717) is 25.9 Å². The van der Waals surface area contributed by atoms with Gasteiger partial charge in [0, 0.05) is 11.6 Å². The molecule has 0 radical (unpaired) electrons. The number of phenols is 1. The maximum atomic E-state index is 14.7. The highest BCUT2D eigenvalue weighted by Gasteiger charge is 2.57. The summed E-state index contributed by atoms with van der Waals surface area (Å²) in [4.78, 5) is 41.3. The van der Waals surface area contributed by atoms with Gasteiger partial charge in [-0.15, -0.1) is 0 Å². The Morgan fingerprint density at radius 1 is 1.15 bits per heavy atom. The summed E-state index contributed by atoms with van der Waals surface area (Å²) in [6.45, 7) is 6.16. The highest BCUT2D eigenvalue weighted by Crippen LogP contribution is 2.53. The summed E-state index contributed by atoms with van der Waals surface area (Å²) in [5.74, 6) is -8.28. The number of Topliss-reactive ketones (excluding diaryl/α,β-unsaturated/α-hetero) is 2. The van der Waals surface area contributed by atoms with Gasteiger partial charge in [0.15, 0.2) is 11.6 Å². The number of fused-ring (bicyclic) bond motifs is 3. The number of carbonyl (C=O) groups excluding carboxylic acids is 3. The Kier molecular flexibility index (Phi) is 8.30. The summed E-state index contributed by atoms with van der Waals surface area (Å²) < 4.78 is 44.0. The number of nitrogens with two attached hydrogens (primary N) is 1. The van der Waals surface area contributed by atoms with Crippen LogP contribution in [-0.4, -0.2) is 63.9 Å². The molecule has 9 nitrogen and oxygen atoms in total. The minimum atomic E-state index is -4.84. The molecule has 0 heterocycles. The minimum absolute atomic E-state index is 0.0229. The number of benzene rings is 1. The molecule has 224 valence electrons. The van der Waals surface area contributed by atoms with Gasteiger partial charge in [0.25, 0.3) is 5.91 Å². The van der Waals surface area contributed by atoms with Crippen LogP contribution in [0.15, 0.2) is 23.0 Å². The molecule has 1 aromatic rings. The smallest absolute Gasteiger partial charge is 0.417 e. The third kappa shape index (κ3) is 4.80. The van der Waals surface area contributed by atoms with Crippen LogP contribution in [0.25, 0.3) is 5.76 Å². The maximum Gasteiger partial charge on any atom is 0.417 e. The van der Waals surface area contributed by atoms with Gasteiger partial charge < -0.3 is 26.4 Å². The van der Waals surface area contributed by atoms with Gasteiger partial charge in [0.2, 0.25) is 0 Å². The molecule has 4 unspecified atom stereocenters. The monoisotopic (exact) mass is 579 g/mol. The SMILES string of the molecule is CCCC(NC)c1cc(O)c2c(c1C(F)(F)F)C[C@H]1CC3C(C(=O)C(C(N)=O)=C(O)C3N(CC)CC)C(=O)C1=C2O. The molecule has 0 aromatic heterocycles. The number of nitrogens with one attached hydrogen (secondary N) is 1. The number of primary amides is 1. The van der Waals surface area contributed by atoms with E-state index >= 15 is 0 Å². The molecular formula is C29H36F3N3O6. The first-order valence-corrected chi connectivity index (χ1v) is 13.9. The lowest BCUT2D eigenvalue weighted by atomic mass is 9.59. The number of hydrogen-bond acceptors (Lipinski definition) is 8. The van der Waals surface area contributed by atoms with Crippen LogP contribution in [0.4, 0.5) is 13.2 Å².